The quantitative estimate of drug-likeness (QED) is 0.786. The maximum Gasteiger partial charge on any atom is 0.321 e. The molecule has 100 valence electrons. The lowest BCUT2D eigenvalue weighted by Crippen LogP contribution is -2.45. The molecule has 0 aromatic heterocycles. The summed E-state index contributed by atoms with van der Waals surface area (Å²) in [5.74, 6) is -1.22. The third kappa shape index (κ3) is 4.10. The number of carboxylic acid groups (broad SMARTS) is 1. The predicted molar refractivity (Wildman–Crippen MR) is 67.1 cm³/mol. The highest BCUT2D eigenvalue weighted by Crippen LogP contribution is 2.06. The van der Waals surface area contributed by atoms with Gasteiger partial charge in [-0.3, -0.25) is 4.79 Å². The second-order valence-corrected chi connectivity index (χ2v) is 5.73. The highest BCUT2D eigenvalue weighted by Gasteiger charge is 2.23. The van der Waals surface area contributed by atoms with E-state index in [9.17, 15) is 13.2 Å². The fourth-order valence-corrected chi connectivity index (χ4v) is 2.34. The van der Waals surface area contributed by atoms with Gasteiger partial charge in [0.15, 0.2) is 0 Å². The SMILES string of the molecule is C[C@H](NS(=O)(=O)N(C)Cc1ccccc1)C(=O)O. The number of hydrogen-bond donors (Lipinski definition) is 2. The van der Waals surface area contributed by atoms with Gasteiger partial charge in [-0.15, -0.1) is 0 Å². The Hall–Kier alpha value is -1.44. The molecule has 0 aliphatic heterocycles. The number of hydrogen-bond acceptors (Lipinski definition) is 3. The summed E-state index contributed by atoms with van der Waals surface area (Å²) in [5.41, 5.74) is 0.827. The van der Waals surface area contributed by atoms with Crippen molar-refractivity contribution < 1.29 is 18.3 Å². The summed E-state index contributed by atoms with van der Waals surface area (Å²) in [4.78, 5) is 10.6. The van der Waals surface area contributed by atoms with Crippen molar-refractivity contribution in [3.05, 3.63) is 35.9 Å². The summed E-state index contributed by atoms with van der Waals surface area (Å²) in [6.07, 6.45) is 0. The molecule has 6 nitrogen and oxygen atoms in total. The van der Waals surface area contributed by atoms with Gasteiger partial charge in [0, 0.05) is 13.6 Å². The average molecular weight is 272 g/mol. The molecule has 0 saturated heterocycles. The minimum atomic E-state index is -3.80. The number of carbonyl (C=O) groups is 1. The van der Waals surface area contributed by atoms with Crippen molar-refractivity contribution in [2.45, 2.75) is 19.5 Å². The van der Waals surface area contributed by atoms with Gasteiger partial charge in [-0.05, 0) is 12.5 Å². The zero-order chi connectivity index (χ0) is 13.8. The van der Waals surface area contributed by atoms with Crippen LogP contribution in [-0.2, 0) is 21.5 Å². The second-order valence-electron chi connectivity index (χ2n) is 3.92. The summed E-state index contributed by atoms with van der Waals surface area (Å²) in [6.45, 7) is 1.46. The van der Waals surface area contributed by atoms with Gasteiger partial charge < -0.3 is 5.11 Å². The van der Waals surface area contributed by atoms with E-state index in [1.807, 2.05) is 18.2 Å². The molecule has 7 heteroatoms. The van der Waals surface area contributed by atoms with E-state index in [0.29, 0.717) is 0 Å². The van der Waals surface area contributed by atoms with Crippen LogP contribution in [0.2, 0.25) is 0 Å². The molecule has 18 heavy (non-hydrogen) atoms. The van der Waals surface area contributed by atoms with Gasteiger partial charge in [0.25, 0.3) is 10.2 Å². The summed E-state index contributed by atoms with van der Waals surface area (Å²) in [5, 5.41) is 8.67. The Morgan fingerprint density at radius 1 is 1.39 bits per heavy atom. The Kier molecular flexibility index (Phi) is 4.83. The van der Waals surface area contributed by atoms with Gasteiger partial charge in [-0.2, -0.15) is 17.4 Å². The number of aliphatic carboxylic acids is 1. The molecule has 1 aromatic carbocycles. The molecule has 0 fully saturated rings. The number of nitrogens with zero attached hydrogens (tertiary/aromatic N) is 1. The van der Waals surface area contributed by atoms with E-state index in [4.69, 9.17) is 5.11 Å². The van der Waals surface area contributed by atoms with Crippen molar-refractivity contribution in [3.63, 3.8) is 0 Å². The Morgan fingerprint density at radius 2 is 1.94 bits per heavy atom. The molecular formula is C11H16N2O4S. The molecule has 0 heterocycles. The monoisotopic (exact) mass is 272 g/mol. The molecule has 1 aromatic rings. The normalized spacial score (nSPS) is 13.5. The first-order chi connectivity index (χ1) is 8.33. The summed E-state index contributed by atoms with van der Waals surface area (Å²) >= 11 is 0. The molecule has 1 rings (SSSR count). The molecule has 0 unspecified atom stereocenters. The van der Waals surface area contributed by atoms with Gasteiger partial charge >= 0.3 is 5.97 Å². The molecule has 0 aliphatic carbocycles. The number of rotatable bonds is 6. The molecule has 0 saturated carbocycles. The highest BCUT2D eigenvalue weighted by molar-refractivity contribution is 7.87. The van der Waals surface area contributed by atoms with Crippen molar-refractivity contribution in [1.29, 1.82) is 0 Å². The third-order valence-corrected chi connectivity index (χ3v) is 3.96. The Labute approximate surface area is 106 Å². The van der Waals surface area contributed by atoms with Crippen LogP contribution in [0, 0.1) is 0 Å². The standard InChI is InChI=1S/C11H16N2O4S/c1-9(11(14)15)12-18(16,17)13(2)8-10-6-4-3-5-7-10/h3-7,9,12H,8H2,1-2H3,(H,14,15)/t9-/m0/s1. The molecule has 0 radical (unpaired) electrons. The number of nitrogens with one attached hydrogen (secondary N) is 1. The van der Waals surface area contributed by atoms with Crippen molar-refractivity contribution >= 4 is 16.2 Å². The van der Waals surface area contributed by atoms with Gasteiger partial charge in [0.1, 0.15) is 6.04 Å². The van der Waals surface area contributed by atoms with E-state index in [1.165, 1.54) is 14.0 Å². The predicted octanol–water partition coefficient (Wildman–Crippen LogP) is 0.426. The fourth-order valence-electron chi connectivity index (χ4n) is 1.29. The maximum absolute atomic E-state index is 11.8. The smallest absolute Gasteiger partial charge is 0.321 e. The lowest BCUT2D eigenvalue weighted by Gasteiger charge is -2.19. The molecular weight excluding hydrogens is 256 g/mol. The fraction of sp³-hybridized carbons (Fsp3) is 0.364. The minimum Gasteiger partial charge on any atom is -0.480 e. The number of benzene rings is 1. The van der Waals surface area contributed by atoms with Crippen molar-refractivity contribution in [2.24, 2.45) is 0 Å². The number of carboxylic acids is 1. The van der Waals surface area contributed by atoms with Gasteiger partial charge in [0.05, 0.1) is 0 Å². The van der Waals surface area contributed by atoms with E-state index in [1.54, 1.807) is 12.1 Å². The van der Waals surface area contributed by atoms with Crippen LogP contribution in [0.1, 0.15) is 12.5 Å². The van der Waals surface area contributed by atoms with E-state index >= 15 is 0 Å². The zero-order valence-electron chi connectivity index (χ0n) is 10.2. The Morgan fingerprint density at radius 3 is 2.44 bits per heavy atom. The molecule has 0 amide bonds. The largest absolute Gasteiger partial charge is 0.480 e. The van der Waals surface area contributed by atoms with Gasteiger partial charge in [0.2, 0.25) is 0 Å². The van der Waals surface area contributed by atoms with Crippen LogP contribution >= 0.6 is 0 Å². The van der Waals surface area contributed by atoms with E-state index < -0.39 is 22.2 Å². The zero-order valence-corrected chi connectivity index (χ0v) is 11.0. The first kappa shape index (κ1) is 14.6. The van der Waals surface area contributed by atoms with Crippen molar-refractivity contribution in [1.82, 2.24) is 9.03 Å². The highest BCUT2D eigenvalue weighted by atomic mass is 32.2. The average Bonchev–Trinajstić information content (AvgIpc) is 2.29. The Balaban J connectivity index is 2.71. The van der Waals surface area contributed by atoms with Crippen LogP contribution in [0.4, 0.5) is 0 Å². The summed E-state index contributed by atoms with van der Waals surface area (Å²) in [7, 11) is -2.41. The molecule has 0 bridgehead atoms. The lowest BCUT2D eigenvalue weighted by atomic mass is 10.2. The van der Waals surface area contributed by atoms with Gasteiger partial charge in [-0.25, -0.2) is 0 Å². The van der Waals surface area contributed by atoms with E-state index in [0.717, 1.165) is 9.87 Å². The molecule has 2 N–H and O–H groups in total. The van der Waals surface area contributed by atoms with Crippen LogP contribution in [0.3, 0.4) is 0 Å². The van der Waals surface area contributed by atoms with Crippen LogP contribution in [0.15, 0.2) is 30.3 Å². The van der Waals surface area contributed by atoms with Crippen LogP contribution in [0.25, 0.3) is 0 Å². The first-order valence-corrected chi connectivity index (χ1v) is 6.77. The lowest BCUT2D eigenvalue weighted by molar-refractivity contribution is -0.138. The van der Waals surface area contributed by atoms with Crippen LogP contribution < -0.4 is 4.72 Å². The maximum atomic E-state index is 11.8. The van der Waals surface area contributed by atoms with E-state index in [-0.39, 0.29) is 6.54 Å². The summed E-state index contributed by atoms with van der Waals surface area (Å²) in [6, 6.07) is 7.89. The molecule has 0 aliphatic rings. The third-order valence-electron chi connectivity index (χ3n) is 2.35. The molecule has 1 atom stereocenters. The summed E-state index contributed by atoms with van der Waals surface area (Å²) < 4.78 is 26.7. The van der Waals surface area contributed by atoms with Crippen molar-refractivity contribution in [3.8, 4) is 0 Å². The van der Waals surface area contributed by atoms with Crippen LogP contribution in [0.5, 0.6) is 0 Å². The van der Waals surface area contributed by atoms with Gasteiger partial charge in [-0.1, -0.05) is 30.3 Å². The Bertz CT molecular complexity index is 501. The second kappa shape index (κ2) is 5.94. The first-order valence-electron chi connectivity index (χ1n) is 5.33. The van der Waals surface area contributed by atoms with E-state index in [2.05, 4.69) is 4.72 Å². The molecule has 0 spiro atoms. The topological polar surface area (TPSA) is 86.7 Å². The van der Waals surface area contributed by atoms with Crippen LogP contribution in [-0.4, -0.2) is 36.9 Å². The van der Waals surface area contributed by atoms with Crippen molar-refractivity contribution in [2.75, 3.05) is 7.05 Å². The minimum absolute atomic E-state index is 0.183.